The molecule has 0 saturated carbocycles. The normalized spacial score (nSPS) is 12.4. The molecule has 0 saturated heterocycles. The van der Waals surface area contributed by atoms with Crippen molar-refractivity contribution in [3.05, 3.63) is 51.7 Å². The van der Waals surface area contributed by atoms with Gasteiger partial charge in [0.25, 0.3) is 0 Å². The standard InChI is InChI=1S/C15H19NOS/c1-11-5-6-13(12(2)10-11)16-8-7-14(17)15-4-3-9-18-15/h3-6,9-10,14,16-17H,7-8H2,1-2H3. The number of hydrogen-bond donors (Lipinski definition) is 2. The van der Waals surface area contributed by atoms with Crippen LogP contribution in [0.5, 0.6) is 0 Å². The number of benzene rings is 1. The molecule has 18 heavy (non-hydrogen) atoms. The monoisotopic (exact) mass is 261 g/mol. The Morgan fingerprint density at radius 2 is 2.11 bits per heavy atom. The van der Waals surface area contributed by atoms with Gasteiger partial charge in [-0.05, 0) is 43.3 Å². The van der Waals surface area contributed by atoms with Crippen LogP contribution in [0.3, 0.4) is 0 Å². The maximum atomic E-state index is 9.97. The van der Waals surface area contributed by atoms with Crippen LogP contribution in [0.2, 0.25) is 0 Å². The summed E-state index contributed by atoms with van der Waals surface area (Å²) in [7, 11) is 0. The summed E-state index contributed by atoms with van der Waals surface area (Å²) in [6.45, 7) is 4.98. The second kappa shape index (κ2) is 6.03. The molecule has 3 heteroatoms. The van der Waals surface area contributed by atoms with E-state index in [9.17, 15) is 5.11 Å². The van der Waals surface area contributed by atoms with Crippen LogP contribution in [0.25, 0.3) is 0 Å². The predicted octanol–water partition coefficient (Wildman–Crippen LogP) is 3.90. The van der Waals surface area contributed by atoms with Crippen molar-refractivity contribution in [3.63, 3.8) is 0 Å². The van der Waals surface area contributed by atoms with Gasteiger partial charge in [0.05, 0.1) is 6.10 Å². The fraction of sp³-hybridized carbons (Fsp3) is 0.333. The summed E-state index contributed by atoms with van der Waals surface area (Å²) in [6, 6.07) is 10.3. The second-order valence-electron chi connectivity index (χ2n) is 4.57. The Bertz CT molecular complexity index is 493. The van der Waals surface area contributed by atoms with Crippen LogP contribution >= 0.6 is 11.3 Å². The number of aliphatic hydroxyl groups is 1. The highest BCUT2D eigenvalue weighted by molar-refractivity contribution is 7.10. The minimum atomic E-state index is -0.358. The Morgan fingerprint density at radius 3 is 2.78 bits per heavy atom. The molecule has 2 N–H and O–H groups in total. The zero-order chi connectivity index (χ0) is 13.0. The first-order valence-corrected chi connectivity index (χ1v) is 7.07. The first-order chi connectivity index (χ1) is 8.66. The molecule has 1 unspecified atom stereocenters. The lowest BCUT2D eigenvalue weighted by atomic mass is 10.1. The zero-order valence-corrected chi connectivity index (χ0v) is 11.6. The highest BCUT2D eigenvalue weighted by Crippen LogP contribution is 2.22. The molecule has 2 nitrogen and oxygen atoms in total. The van der Waals surface area contributed by atoms with Crippen molar-refractivity contribution in [1.29, 1.82) is 0 Å². The number of nitrogens with one attached hydrogen (secondary N) is 1. The molecule has 0 aliphatic heterocycles. The maximum absolute atomic E-state index is 9.97. The van der Waals surface area contributed by atoms with Gasteiger partial charge in [0.2, 0.25) is 0 Å². The molecule has 0 bridgehead atoms. The molecule has 0 spiro atoms. The minimum absolute atomic E-state index is 0.358. The number of hydrogen-bond acceptors (Lipinski definition) is 3. The third-order valence-electron chi connectivity index (χ3n) is 2.99. The average molecular weight is 261 g/mol. The Balaban J connectivity index is 1.85. The maximum Gasteiger partial charge on any atom is 0.0898 e. The van der Waals surface area contributed by atoms with Crippen LogP contribution in [-0.4, -0.2) is 11.7 Å². The third kappa shape index (κ3) is 3.34. The van der Waals surface area contributed by atoms with Crippen molar-refractivity contribution in [1.82, 2.24) is 0 Å². The highest BCUT2D eigenvalue weighted by Gasteiger charge is 2.07. The van der Waals surface area contributed by atoms with Gasteiger partial charge >= 0.3 is 0 Å². The lowest BCUT2D eigenvalue weighted by molar-refractivity contribution is 0.175. The molecule has 0 radical (unpaired) electrons. The first kappa shape index (κ1) is 13.1. The van der Waals surface area contributed by atoms with E-state index in [2.05, 4.69) is 37.4 Å². The van der Waals surface area contributed by atoms with Gasteiger partial charge in [-0.25, -0.2) is 0 Å². The van der Waals surface area contributed by atoms with E-state index >= 15 is 0 Å². The number of thiophene rings is 1. The number of rotatable bonds is 5. The van der Waals surface area contributed by atoms with Gasteiger partial charge < -0.3 is 10.4 Å². The molecule has 0 fully saturated rings. The van der Waals surface area contributed by atoms with Gasteiger partial charge in [-0.2, -0.15) is 0 Å². The molecule has 1 aromatic heterocycles. The lowest BCUT2D eigenvalue weighted by Crippen LogP contribution is -2.07. The average Bonchev–Trinajstić information content (AvgIpc) is 2.85. The number of anilines is 1. The molecule has 2 aromatic rings. The van der Waals surface area contributed by atoms with Crippen molar-refractivity contribution in [2.75, 3.05) is 11.9 Å². The molecule has 0 amide bonds. The Labute approximate surface area is 112 Å². The summed E-state index contributed by atoms with van der Waals surface area (Å²) in [5, 5.41) is 15.3. The Hall–Kier alpha value is -1.32. The van der Waals surface area contributed by atoms with Crippen LogP contribution < -0.4 is 5.32 Å². The summed E-state index contributed by atoms with van der Waals surface area (Å²) in [4.78, 5) is 1.04. The third-order valence-corrected chi connectivity index (χ3v) is 3.96. The molecule has 1 atom stereocenters. The van der Waals surface area contributed by atoms with Gasteiger partial charge in [-0.3, -0.25) is 0 Å². The van der Waals surface area contributed by atoms with Crippen LogP contribution in [0, 0.1) is 13.8 Å². The largest absolute Gasteiger partial charge is 0.388 e. The van der Waals surface area contributed by atoms with E-state index in [1.54, 1.807) is 11.3 Å². The fourth-order valence-electron chi connectivity index (χ4n) is 1.98. The predicted molar refractivity (Wildman–Crippen MR) is 78.3 cm³/mol. The van der Waals surface area contributed by atoms with Gasteiger partial charge in [0.1, 0.15) is 0 Å². The second-order valence-corrected chi connectivity index (χ2v) is 5.54. The SMILES string of the molecule is Cc1ccc(NCCC(O)c2cccs2)c(C)c1. The summed E-state index contributed by atoms with van der Waals surface area (Å²) < 4.78 is 0. The molecule has 2 rings (SSSR count). The minimum Gasteiger partial charge on any atom is -0.388 e. The van der Waals surface area contributed by atoms with E-state index in [4.69, 9.17) is 0 Å². The summed E-state index contributed by atoms with van der Waals surface area (Å²) >= 11 is 1.60. The molecular formula is C15H19NOS. The summed E-state index contributed by atoms with van der Waals surface area (Å²) in [6.07, 6.45) is 0.372. The van der Waals surface area contributed by atoms with E-state index in [1.165, 1.54) is 11.1 Å². The number of aliphatic hydroxyl groups excluding tert-OH is 1. The molecule has 0 aliphatic rings. The van der Waals surface area contributed by atoms with Gasteiger partial charge in [0.15, 0.2) is 0 Å². The molecule has 1 heterocycles. The lowest BCUT2D eigenvalue weighted by Gasteiger charge is -2.12. The Morgan fingerprint density at radius 1 is 1.28 bits per heavy atom. The topological polar surface area (TPSA) is 32.3 Å². The first-order valence-electron chi connectivity index (χ1n) is 6.19. The van der Waals surface area contributed by atoms with Gasteiger partial charge in [-0.15, -0.1) is 11.3 Å². The fourth-order valence-corrected chi connectivity index (χ4v) is 2.72. The smallest absolute Gasteiger partial charge is 0.0898 e. The van der Waals surface area contributed by atoms with E-state index in [1.807, 2.05) is 17.5 Å². The number of aryl methyl sites for hydroxylation is 2. The summed E-state index contributed by atoms with van der Waals surface area (Å²) in [5.41, 5.74) is 3.68. The van der Waals surface area contributed by atoms with Crippen molar-refractivity contribution < 1.29 is 5.11 Å². The van der Waals surface area contributed by atoms with Crippen molar-refractivity contribution in [2.24, 2.45) is 0 Å². The van der Waals surface area contributed by atoms with Gasteiger partial charge in [-0.1, -0.05) is 23.8 Å². The van der Waals surface area contributed by atoms with E-state index in [0.29, 0.717) is 0 Å². The Kier molecular flexibility index (Phi) is 4.39. The van der Waals surface area contributed by atoms with Crippen LogP contribution in [0.15, 0.2) is 35.7 Å². The molecule has 0 aliphatic carbocycles. The molecule has 1 aromatic carbocycles. The van der Waals surface area contributed by atoms with Crippen LogP contribution in [0.1, 0.15) is 28.5 Å². The van der Waals surface area contributed by atoms with E-state index in [0.717, 1.165) is 23.5 Å². The zero-order valence-electron chi connectivity index (χ0n) is 10.8. The van der Waals surface area contributed by atoms with Crippen LogP contribution in [-0.2, 0) is 0 Å². The van der Waals surface area contributed by atoms with Crippen molar-refractivity contribution >= 4 is 17.0 Å². The highest BCUT2D eigenvalue weighted by atomic mass is 32.1. The van der Waals surface area contributed by atoms with E-state index in [-0.39, 0.29) is 6.10 Å². The van der Waals surface area contributed by atoms with Crippen molar-refractivity contribution in [2.45, 2.75) is 26.4 Å². The van der Waals surface area contributed by atoms with E-state index < -0.39 is 0 Å². The molecular weight excluding hydrogens is 242 g/mol. The van der Waals surface area contributed by atoms with Crippen molar-refractivity contribution in [3.8, 4) is 0 Å². The quantitative estimate of drug-likeness (QED) is 0.855. The molecule has 96 valence electrons. The van der Waals surface area contributed by atoms with Crippen LogP contribution in [0.4, 0.5) is 5.69 Å². The summed E-state index contributed by atoms with van der Waals surface area (Å²) in [5.74, 6) is 0. The van der Waals surface area contributed by atoms with Gasteiger partial charge in [0, 0.05) is 17.1 Å².